The Hall–Kier alpha value is -2.05. The maximum atomic E-state index is 12.5. The number of rotatable bonds is 5. The van der Waals surface area contributed by atoms with Crippen molar-refractivity contribution in [1.29, 1.82) is 0 Å². The van der Waals surface area contributed by atoms with E-state index in [1.807, 2.05) is 0 Å². The molecule has 1 rings (SSSR count). The van der Waals surface area contributed by atoms with E-state index in [-0.39, 0.29) is 12.4 Å². The van der Waals surface area contributed by atoms with Gasteiger partial charge in [0.15, 0.2) is 0 Å². The highest BCUT2D eigenvalue weighted by Crippen LogP contribution is 2.28. The molecule has 18 heavy (non-hydrogen) atoms. The molecule has 1 aromatic heterocycles. The fraction of sp³-hybridized carbons (Fsp3) is 0.273. The molecule has 0 spiro atoms. The molecule has 0 saturated heterocycles. The average molecular weight is 260 g/mol. The highest BCUT2D eigenvalue weighted by Gasteiger charge is 2.32. The highest BCUT2D eigenvalue weighted by atomic mass is 19.4. The van der Waals surface area contributed by atoms with E-state index in [1.165, 1.54) is 23.1 Å². The first-order valence-corrected chi connectivity index (χ1v) is 4.96. The molecule has 0 aliphatic rings. The Morgan fingerprint density at radius 2 is 2.17 bits per heavy atom. The normalized spacial score (nSPS) is 11.1. The lowest BCUT2D eigenvalue weighted by molar-refractivity contribution is -0.141. The number of aliphatic carboxylic acids is 1. The Balaban J connectivity index is 3.05. The van der Waals surface area contributed by atoms with E-state index in [2.05, 4.69) is 11.6 Å². The molecule has 0 aromatic carbocycles. The maximum absolute atomic E-state index is 12.5. The van der Waals surface area contributed by atoms with Crippen LogP contribution in [0.3, 0.4) is 0 Å². The zero-order valence-corrected chi connectivity index (χ0v) is 9.31. The van der Waals surface area contributed by atoms with Crippen molar-refractivity contribution in [2.24, 2.45) is 0 Å². The minimum atomic E-state index is -4.56. The average Bonchev–Trinajstić information content (AvgIpc) is 2.27. The predicted molar refractivity (Wildman–Crippen MR) is 59.3 cm³/mol. The Morgan fingerprint density at radius 3 is 2.67 bits per heavy atom. The van der Waals surface area contributed by atoms with Crippen molar-refractivity contribution in [2.45, 2.75) is 6.18 Å². The number of pyridine rings is 1. The van der Waals surface area contributed by atoms with Crippen molar-refractivity contribution in [3.63, 3.8) is 0 Å². The first kappa shape index (κ1) is 14.0. The molecule has 0 amide bonds. The molecule has 0 aliphatic heterocycles. The lowest BCUT2D eigenvalue weighted by Crippen LogP contribution is -2.31. The van der Waals surface area contributed by atoms with Gasteiger partial charge < -0.3 is 10.0 Å². The number of alkyl halides is 3. The topological polar surface area (TPSA) is 53.4 Å². The zero-order valence-electron chi connectivity index (χ0n) is 9.31. The van der Waals surface area contributed by atoms with Crippen LogP contribution in [-0.4, -0.2) is 29.1 Å². The Morgan fingerprint density at radius 1 is 1.50 bits per heavy atom. The summed E-state index contributed by atoms with van der Waals surface area (Å²) in [6, 6.07) is 3.33. The summed E-state index contributed by atoms with van der Waals surface area (Å²) in [5.41, 5.74) is -1.06. The molecule has 4 nitrogen and oxygen atoms in total. The molecule has 1 heterocycles. The second-order valence-electron chi connectivity index (χ2n) is 3.44. The van der Waals surface area contributed by atoms with E-state index in [0.29, 0.717) is 0 Å². The summed E-state index contributed by atoms with van der Waals surface area (Å²) < 4.78 is 37.4. The summed E-state index contributed by atoms with van der Waals surface area (Å²) in [5, 5.41) is 8.68. The number of anilines is 1. The number of aromatic nitrogens is 1. The zero-order chi connectivity index (χ0) is 13.8. The van der Waals surface area contributed by atoms with Gasteiger partial charge in [0.25, 0.3) is 0 Å². The number of nitrogens with zero attached hydrogens (tertiary/aromatic N) is 2. The quantitative estimate of drug-likeness (QED) is 0.824. The second kappa shape index (κ2) is 5.52. The molecule has 0 fully saturated rings. The van der Waals surface area contributed by atoms with Crippen LogP contribution in [0.1, 0.15) is 5.69 Å². The van der Waals surface area contributed by atoms with Crippen LogP contribution < -0.4 is 4.90 Å². The number of hydrogen-bond donors (Lipinski definition) is 1. The first-order chi connectivity index (χ1) is 8.34. The third kappa shape index (κ3) is 3.76. The molecule has 0 aliphatic carbocycles. The van der Waals surface area contributed by atoms with Crippen LogP contribution in [0, 0.1) is 0 Å². The molecule has 7 heteroatoms. The summed E-state index contributed by atoms with van der Waals surface area (Å²) in [4.78, 5) is 15.2. The van der Waals surface area contributed by atoms with Gasteiger partial charge in [0, 0.05) is 6.54 Å². The van der Waals surface area contributed by atoms with Gasteiger partial charge in [-0.25, -0.2) is 4.98 Å². The SMILES string of the molecule is C=CCN(CC(=O)O)c1cccc(C(F)(F)F)n1. The van der Waals surface area contributed by atoms with Gasteiger partial charge in [-0.1, -0.05) is 12.1 Å². The number of hydrogen-bond acceptors (Lipinski definition) is 3. The molecule has 0 unspecified atom stereocenters. The van der Waals surface area contributed by atoms with Crippen molar-refractivity contribution in [3.05, 3.63) is 36.5 Å². The third-order valence-electron chi connectivity index (χ3n) is 2.02. The van der Waals surface area contributed by atoms with E-state index in [9.17, 15) is 18.0 Å². The maximum Gasteiger partial charge on any atom is 0.433 e. The van der Waals surface area contributed by atoms with Crippen molar-refractivity contribution in [3.8, 4) is 0 Å². The van der Waals surface area contributed by atoms with Gasteiger partial charge in [-0.15, -0.1) is 6.58 Å². The summed E-state index contributed by atoms with van der Waals surface area (Å²) in [6.07, 6.45) is -3.16. The monoisotopic (exact) mass is 260 g/mol. The van der Waals surface area contributed by atoms with Gasteiger partial charge in [-0.2, -0.15) is 13.2 Å². The molecule has 0 radical (unpaired) electrons. The molecule has 98 valence electrons. The van der Waals surface area contributed by atoms with Crippen LogP contribution in [0.5, 0.6) is 0 Å². The fourth-order valence-corrected chi connectivity index (χ4v) is 1.32. The largest absolute Gasteiger partial charge is 0.480 e. The summed E-state index contributed by atoms with van der Waals surface area (Å²) in [6.45, 7) is 3.07. The number of carboxylic acid groups (broad SMARTS) is 1. The van der Waals surface area contributed by atoms with Gasteiger partial charge >= 0.3 is 12.1 Å². The van der Waals surface area contributed by atoms with Crippen molar-refractivity contribution < 1.29 is 23.1 Å². The number of carbonyl (C=O) groups is 1. The second-order valence-corrected chi connectivity index (χ2v) is 3.44. The van der Waals surface area contributed by atoms with Crippen molar-refractivity contribution in [1.82, 2.24) is 4.98 Å². The molecule has 0 saturated carbocycles. The summed E-state index contributed by atoms with van der Waals surface area (Å²) in [7, 11) is 0. The smallest absolute Gasteiger partial charge is 0.433 e. The molecular formula is C11H11F3N2O2. The van der Waals surface area contributed by atoms with Crippen molar-refractivity contribution >= 4 is 11.8 Å². The minimum Gasteiger partial charge on any atom is -0.480 e. The minimum absolute atomic E-state index is 0.0490. The summed E-state index contributed by atoms with van der Waals surface area (Å²) >= 11 is 0. The van der Waals surface area contributed by atoms with Crippen LogP contribution in [-0.2, 0) is 11.0 Å². The van der Waals surface area contributed by atoms with Gasteiger partial charge in [-0.3, -0.25) is 4.79 Å². The predicted octanol–water partition coefficient (Wildman–Crippen LogP) is 2.18. The summed E-state index contributed by atoms with van der Waals surface area (Å²) in [5.74, 6) is -1.21. The van der Waals surface area contributed by atoms with E-state index < -0.39 is 24.4 Å². The first-order valence-electron chi connectivity index (χ1n) is 4.96. The number of halogens is 3. The lowest BCUT2D eigenvalue weighted by Gasteiger charge is -2.20. The van der Waals surface area contributed by atoms with E-state index >= 15 is 0 Å². The highest BCUT2D eigenvalue weighted by molar-refractivity contribution is 5.73. The number of carboxylic acids is 1. The molecule has 1 N–H and O–H groups in total. The molecule has 0 bridgehead atoms. The third-order valence-corrected chi connectivity index (χ3v) is 2.02. The van der Waals surface area contributed by atoms with Gasteiger partial charge in [0.05, 0.1) is 0 Å². The Kier molecular flexibility index (Phi) is 4.30. The van der Waals surface area contributed by atoms with Crippen LogP contribution >= 0.6 is 0 Å². The van der Waals surface area contributed by atoms with Crippen LogP contribution in [0.25, 0.3) is 0 Å². The van der Waals surface area contributed by atoms with E-state index in [1.54, 1.807) is 0 Å². The van der Waals surface area contributed by atoms with Gasteiger partial charge in [-0.05, 0) is 12.1 Å². The van der Waals surface area contributed by atoms with E-state index in [4.69, 9.17) is 5.11 Å². The van der Waals surface area contributed by atoms with Crippen LogP contribution in [0.2, 0.25) is 0 Å². The Labute approximate surface area is 101 Å². The standard InChI is InChI=1S/C11H11F3N2O2/c1-2-6-16(7-10(17)18)9-5-3-4-8(15-9)11(12,13)14/h2-5H,1,6-7H2,(H,17,18). The molecular weight excluding hydrogens is 249 g/mol. The van der Waals surface area contributed by atoms with Crippen LogP contribution in [0.15, 0.2) is 30.9 Å². The van der Waals surface area contributed by atoms with E-state index in [0.717, 1.165) is 6.07 Å². The molecule has 1 aromatic rings. The Bertz CT molecular complexity index is 446. The molecule has 0 atom stereocenters. The van der Waals surface area contributed by atoms with Gasteiger partial charge in [0.1, 0.15) is 18.1 Å². The van der Waals surface area contributed by atoms with Crippen LogP contribution in [0.4, 0.5) is 19.0 Å². The van der Waals surface area contributed by atoms with Gasteiger partial charge in [0.2, 0.25) is 0 Å². The van der Waals surface area contributed by atoms with Crippen molar-refractivity contribution in [2.75, 3.05) is 18.0 Å². The fourth-order valence-electron chi connectivity index (χ4n) is 1.32. The lowest BCUT2D eigenvalue weighted by atomic mass is 10.3.